The first-order chi connectivity index (χ1) is 6.59. The van der Waals surface area contributed by atoms with E-state index >= 15 is 0 Å². The highest BCUT2D eigenvalue weighted by atomic mass is 16.2. The van der Waals surface area contributed by atoms with E-state index in [1.54, 1.807) is 0 Å². The van der Waals surface area contributed by atoms with Crippen molar-refractivity contribution in [1.82, 2.24) is 5.32 Å². The van der Waals surface area contributed by atoms with Gasteiger partial charge >= 0.3 is 6.03 Å². The molecule has 2 amide bonds. The highest BCUT2D eigenvalue weighted by Crippen LogP contribution is 2.10. The summed E-state index contributed by atoms with van der Waals surface area (Å²) in [7, 11) is 0. The van der Waals surface area contributed by atoms with E-state index < -0.39 is 6.03 Å². The predicted molar refractivity (Wildman–Crippen MR) is 55.5 cm³/mol. The summed E-state index contributed by atoms with van der Waals surface area (Å²) >= 11 is 0. The van der Waals surface area contributed by atoms with Crippen molar-refractivity contribution >= 4 is 6.03 Å². The van der Waals surface area contributed by atoms with Crippen LogP contribution < -0.4 is 16.8 Å². The molecule has 0 aliphatic carbocycles. The van der Waals surface area contributed by atoms with Crippen LogP contribution in [0, 0.1) is 0 Å². The Morgan fingerprint density at radius 1 is 1.43 bits per heavy atom. The highest BCUT2D eigenvalue weighted by Gasteiger charge is 1.99. The van der Waals surface area contributed by atoms with Crippen LogP contribution in [0.3, 0.4) is 0 Å². The van der Waals surface area contributed by atoms with E-state index in [9.17, 15) is 4.79 Å². The van der Waals surface area contributed by atoms with E-state index in [1.165, 1.54) is 0 Å². The molecule has 1 aromatic rings. The summed E-state index contributed by atoms with van der Waals surface area (Å²) in [5, 5.41) is 2.52. The monoisotopic (exact) mass is 193 g/mol. The van der Waals surface area contributed by atoms with Crippen molar-refractivity contribution in [1.29, 1.82) is 0 Å². The number of primary amides is 1. The topological polar surface area (TPSA) is 81.1 Å². The van der Waals surface area contributed by atoms with Gasteiger partial charge in [0, 0.05) is 12.6 Å². The molecule has 4 nitrogen and oxygen atoms in total. The summed E-state index contributed by atoms with van der Waals surface area (Å²) in [5.74, 6) is 0. The third-order valence-electron chi connectivity index (χ3n) is 1.97. The maximum atomic E-state index is 10.4. The van der Waals surface area contributed by atoms with E-state index in [-0.39, 0.29) is 6.04 Å². The number of urea groups is 1. The molecule has 0 saturated heterocycles. The van der Waals surface area contributed by atoms with E-state index in [1.807, 2.05) is 31.2 Å². The number of benzene rings is 1. The van der Waals surface area contributed by atoms with Gasteiger partial charge in [-0.1, -0.05) is 24.3 Å². The number of rotatable bonds is 3. The van der Waals surface area contributed by atoms with Crippen LogP contribution in [0.25, 0.3) is 0 Å². The molecule has 0 heterocycles. The third-order valence-corrected chi connectivity index (χ3v) is 1.97. The fraction of sp³-hybridized carbons (Fsp3) is 0.300. The molecule has 14 heavy (non-hydrogen) atoms. The number of nitrogens with two attached hydrogens (primary N) is 2. The highest BCUT2D eigenvalue weighted by molar-refractivity contribution is 5.71. The number of carbonyl (C=O) groups is 1. The average Bonchev–Trinajstić information content (AvgIpc) is 2.15. The second-order valence-corrected chi connectivity index (χ2v) is 3.25. The summed E-state index contributed by atoms with van der Waals surface area (Å²) in [6, 6.07) is 7.27. The quantitative estimate of drug-likeness (QED) is 0.666. The van der Waals surface area contributed by atoms with Crippen molar-refractivity contribution in [2.75, 3.05) is 0 Å². The fourth-order valence-corrected chi connectivity index (χ4v) is 1.13. The molecule has 1 rings (SSSR count). The van der Waals surface area contributed by atoms with Crippen LogP contribution in [0.1, 0.15) is 24.1 Å². The van der Waals surface area contributed by atoms with Gasteiger partial charge in [-0.2, -0.15) is 0 Å². The molecule has 76 valence electrons. The van der Waals surface area contributed by atoms with Crippen LogP contribution in [0.4, 0.5) is 4.79 Å². The molecule has 4 heteroatoms. The van der Waals surface area contributed by atoms with Crippen molar-refractivity contribution in [3.63, 3.8) is 0 Å². The summed E-state index contributed by atoms with van der Waals surface area (Å²) in [5.41, 5.74) is 12.7. The predicted octanol–water partition coefficient (Wildman–Crippen LogP) is 0.875. The van der Waals surface area contributed by atoms with Crippen molar-refractivity contribution in [2.24, 2.45) is 11.5 Å². The Hall–Kier alpha value is -1.55. The number of hydrogen-bond acceptors (Lipinski definition) is 2. The van der Waals surface area contributed by atoms with E-state index in [0.717, 1.165) is 11.1 Å². The van der Waals surface area contributed by atoms with E-state index in [4.69, 9.17) is 11.5 Å². The molecule has 5 N–H and O–H groups in total. The summed E-state index contributed by atoms with van der Waals surface area (Å²) in [4.78, 5) is 10.4. The van der Waals surface area contributed by atoms with E-state index in [2.05, 4.69) is 5.32 Å². The van der Waals surface area contributed by atoms with Crippen molar-refractivity contribution in [2.45, 2.75) is 19.5 Å². The van der Waals surface area contributed by atoms with Gasteiger partial charge in [0.1, 0.15) is 0 Å². The van der Waals surface area contributed by atoms with Crippen LogP contribution >= 0.6 is 0 Å². The van der Waals surface area contributed by atoms with Gasteiger partial charge in [0.05, 0.1) is 0 Å². The Morgan fingerprint density at radius 3 is 2.43 bits per heavy atom. The lowest BCUT2D eigenvalue weighted by Crippen LogP contribution is -2.28. The molecule has 0 bridgehead atoms. The molecule has 0 saturated carbocycles. The molecular weight excluding hydrogens is 178 g/mol. The Bertz CT molecular complexity index is 306. The first-order valence-electron chi connectivity index (χ1n) is 4.47. The normalized spacial score (nSPS) is 12.1. The first-order valence-corrected chi connectivity index (χ1v) is 4.47. The smallest absolute Gasteiger partial charge is 0.312 e. The molecule has 1 aromatic carbocycles. The van der Waals surface area contributed by atoms with Crippen LogP contribution in [-0.4, -0.2) is 6.03 Å². The number of carbonyl (C=O) groups excluding carboxylic acids is 1. The van der Waals surface area contributed by atoms with Gasteiger partial charge in [-0.3, -0.25) is 0 Å². The largest absolute Gasteiger partial charge is 0.352 e. The molecule has 0 fully saturated rings. The third kappa shape index (κ3) is 3.06. The van der Waals surface area contributed by atoms with Gasteiger partial charge < -0.3 is 16.8 Å². The Balaban J connectivity index is 2.59. The molecule has 0 aliphatic heterocycles. The van der Waals surface area contributed by atoms with Crippen molar-refractivity contribution in [3.8, 4) is 0 Å². The van der Waals surface area contributed by atoms with Gasteiger partial charge in [0.2, 0.25) is 0 Å². The van der Waals surface area contributed by atoms with Gasteiger partial charge in [-0.15, -0.1) is 0 Å². The lowest BCUT2D eigenvalue weighted by molar-refractivity contribution is 0.248. The molecule has 0 spiro atoms. The standard InChI is InChI=1S/C10H15N3O/c1-7(11)9-4-2-8(3-5-9)6-13-10(12)14/h2-5,7H,6,11H2,1H3,(H3,12,13,14)/t7-/m0/s1. The number of nitrogens with one attached hydrogen (secondary N) is 1. The minimum Gasteiger partial charge on any atom is -0.352 e. The zero-order chi connectivity index (χ0) is 10.6. The Kier molecular flexibility index (Phi) is 3.48. The van der Waals surface area contributed by atoms with Gasteiger partial charge in [0.25, 0.3) is 0 Å². The summed E-state index contributed by atoms with van der Waals surface area (Å²) < 4.78 is 0. The summed E-state index contributed by atoms with van der Waals surface area (Å²) in [6.07, 6.45) is 0. The van der Waals surface area contributed by atoms with Crippen LogP contribution in [-0.2, 0) is 6.54 Å². The zero-order valence-corrected chi connectivity index (χ0v) is 8.16. The lowest BCUT2D eigenvalue weighted by Gasteiger charge is -2.07. The maximum absolute atomic E-state index is 10.4. The Morgan fingerprint density at radius 2 is 2.00 bits per heavy atom. The lowest BCUT2D eigenvalue weighted by atomic mass is 10.1. The molecule has 0 unspecified atom stereocenters. The second kappa shape index (κ2) is 4.62. The van der Waals surface area contributed by atoms with Crippen LogP contribution in [0.15, 0.2) is 24.3 Å². The fourth-order valence-electron chi connectivity index (χ4n) is 1.13. The Labute approximate surface area is 83.3 Å². The van der Waals surface area contributed by atoms with Gasteiger partial charge in [-0.05, 0) is 18.1 Å². The molecule has 1 atom stereocenters. The molecule has 0 aliphatic rings. The number of amides is 2. The molecule has 0 radical (unpaired) electrons. The SMILES string of the molecule is C[C@H](N)c1ccc(CNC(N)=O)cc1. The molecular formula is C10H15N3O. The van der Waals surface area contributed by atoms with E-state index in [0.29, 0.717) is 6.54 Å². The minimum atomic E-state index is -0.513. The average molecular weight is 193 g/mol. The maximum Gasteiger partial charge on any atom is 0.312 e. The number of hydrogen-bond donors (Lipinski definition) is 3. The van der Waals surface area contributed by atoms with Crippen LogP contribution in [0.2, 0.25) is 0 Å². The van der Waals surface area contributed by atoms with Crippen molar-refractivity contribution < 1.29 is 4.79 Å². The first kappa shape index (κ1) is 10.5. The van der Waals surface area contributed by atoms with Gasteiger partial charge in [-0.25, -0.2) is 4.79 Å². The summed E-state index contributed by atoms with van der Waals surface area (Å²) in [6.45, 7) is 2.38. The molecule has 0 aromatic heterocycles. The van der Waals surface area contributed by atoms with Crippen molar-refractivity contribution in [3.05, 3.63) is 35.4 Å². The minimum absolute atomic E-state index is 0.0353. The van der Waals surface area contributed by atoms with Gasteiger partial charge in [0.15, 0.2) is 0 Å². The second-order valence-electron chi connectivity index (χ2n) is 3.25. The zero-order valence-electron chi connectivity index (χ0n) is 8.16. The van der Waals surface area contributed by atoms with Crippen LogP contribution in [0.5, 0.6) is 0 Å².